The summed E-state index contributed by atoms with van der Waals surface area (Å²) in [6.45, 7) is 6.65. The average Bonchev–Trinajstić information content (AvgIpc) is 2.78. The number of halogens is 1. The maximum Gasteiger partial charge on any atom is 0.410 e. The van der Waals surface area contributed by atoms with Crippen LogP contribution in [0.2, 0.25) is 0 Å². The van der Waals surface area contributed by atoms with Gasteiger partial charge >= 0.3 is 6.09 Å². The Labute approximate surface area is 206 Å². The molecular weight excluding hydrogens is 500 g/mol. The zero-order chi connectivity index (χ0) is 24.3. The molecule has 0 radical (unpaired) electrons. The molecule has 0 unspecified atom stereocenters. The number of ether oxygens (including phenoxy) is 2. The number of piperidine rings is 1. The van der Waals surface area contributed by atoms with Crippen LogP contribution in [-0.2, 0) is 4.74 Å². The predicted molar refractivity (Wildman–Crippen MR) is 133 cm³/mol. The molecule has 3 heterocycles. The third-order valence-corrected chi connectivity index (χ3v) is 5.80. The molecule has 9 heteroatoms. The Bertz CT molecular complexity index is 1200. The highest BCUT2D eigenvalue weighted by atomic mass is 79.9. The van der Waals surface area contributed by atoms with Crippen LogP contribution >= 0.6 is 15.9 Å². The number of aromatic nitrogens is 2. The fraction of sp³-hybridized carbons (Fsp3) is 0.360. The molecule has 1 aliphatic rings. The Morgan fingerprint density at radius 3 is 2.56 bits per heavy atom. The SMILES string of the molecule is CC(C)(C)OC(=O)N1CCC(Oc2cc(C(=O)Nc3cc4cc(Br)ccc4cn3)ccn2)CC1. The van der Waals surface area contributed by atoms with Gasteiger partial charge in [0.05, 0.1) is 0 Å². The first kappa shape index (κ1) is 23.9. The summed E-state index contributed by atoms with van der Waals surface area (Å²) in [4.78, 5) is 35.3. The van der Waals surface area contributed by atoms with E-state index in [1.165, 1.54) is 0 Å². The van der Waals surface area contributed by atoms with Crippen LogP contribution in [0, 0.1) is 0 Å². The fourth-order valence-corrected chi connectivity index (χ4v) is 4.02. The van der Waals surface area contributed by atoms with Crippen molar-refractivity contribution >= 4 is 44.5 Å². The average molecular weight is 527 g/mol. The maximum atomic E-state index is 12.8. The zero-order valence-corrected chi connectivity index (χ0v) is 21.0. The number of pyridine rings is 2. The van der Waals surface area contributed by atoms with E-state index in [0.717, 1.165) is 15.2 Å². The summed E-state index contributed by atoms with van der Waals surface area (Å²) in [5, 5.41) is 4.78. The number of nitrogens with zero attached hydrogens (tertiary/aromatic N) is 3. The number of hydrogen-bond acceptors (Lipinski definition) is 6. The number of likely N-dealkylation sites (tertiary alicyclic amines) is 1. The molecule has 178 valence electrons. The first-order valence-corrected chi connectivity index (χ1v) is 11.9. The molecule has 0 spiro atoms. The number of hydrogen-bond donors (Lipinski definition) is 1. The van der Waals surface area contributed by atoms with Gasteiger partial charge in [-0.15, -0.1) is 0 Å². The van der Waals surface area contributed by atoms with Gasteiger partial charge in [-0.2, -0.15) is 0 Å². The fourth-order valence-electron chi connectivity index (χ4n) is 3.64. The lowest BCUT2D eigenvalue weighted by Crippen LogP contribution is -2.44. The summed E-state index contributed by atoms with van der Waals surface area (Å²) in [6, 6.07) is 11.0. The van der Waals surface area contributed by atoms with Crippen LogP contribution in [0.5, 0.6) is 5.88 Å². The van der Waals surface area contributed by atoms with Gasteiger partial charge in [0.15, 0.2) is 0 Å². The van der Waals surface area contributed by atoms with E-state index in [1.807, 2.05) is 45.0 Å². The Morgan fingerprint density at radius 1 is 1.06 bits per heavy atom. The molecule has 1 aliphatic heterocycles. The van der Waals surface area contributed by atoms with Crippen molar-refractivity contribution in [3.8, 4) is 5.88 Å². The van der Waals surface area contributed by atoms with Crippen LogP contribution in [0.15, 0.2) is 53.3 Å². The first-order valence-electron chi connectivity index (χ1n) is 11.1. The summed E-state index contributed by atoms with van der Waals surface area (Å²) in [5.41, 5.74) is -0.0958. The van der Waals surface area contributed by atoms with E-state index in [4.69, 9.17) is 9.47 Å². The van der Waals surface area contributed by atoms with Gasteiger partial charge in [0, 0.05) is 59.8 Å². The van der Waals surface area contributed by atoms with Crippen molar-refractivity contribution in [2.45, 2.75) is 45.3 Å². The molecule has 34 heavy (non-hydrogen) atoms. The lowest BCUT2D eigenvalue weighted by Gasteiger charge is -2.33. The number of carbonyl (C=O) groups is 2. The molecule has 2 amide bonds. The lowest BCUT2D eigenvalue weighted by molar-refractivity contribution is 0.0123. The highest BCUT2D eigenvalue weighted by Crippen LogP contribution is 2.23. The summed E-state index contributed by atoms with van der Waals surface area (Å²) in [5.74, 6) is 0.539. The minimum absolute atomic E-state index is 0.0925. The number of benzene rings is 1. The normalized spacial score (nSPS) is 14.6. The molecule has 0 aliphatic carbocycles. The Balaban J connectivity index is 1.35. The van der Waals surface area contributed by atoms with Gasteiger partial charge in [-0.1, -0.05) is 22.0 Å². The first-order chi connectivity index (χ1) is 16.2. The number of fused-ring (bicyclic) bond motifs is 1. The van der Waals surface area contributed by atoms with Gasteiger partial charge in [0.1, 0.15) is 17.5 Å². The van der Waals surface area contributed by atoms with Crippen LogP contribution in [0.1, 0.15) is 44.0 Å². The third kappa shape index (κ3) is 6.22. The molecular formula is C25H27BrN4O4. The molecule has 0 bridgehead atoms. The van der Waals surface area contributed by atoms with E-state index in [9.17, 15) is 9.59 Å². The molecule has 1 saturated heterocycles. The monoisotopic (exact) mass is 526 g/mol. The summed E-state index contributed by atoms with van der Waals surface area (Å²) < 4.78 is 12.4. The molecule has 2 aromatic heterocycles. The molecule has 4 rings (SSSR count). The minimum Gasteiger partial charge on any atom is -0.474 e. The van der Waals surface area contributed by atoms with Crippen molar-refractivity contribution in [3.05, 3.63) is 58.8 Å². The second-order valence-corrected chi connectivity index (χ2v) is 10.1. The van der Waals surface area contributed by atoms with Gasteiger partial charge in [0.2, 0.25) is 5.88 Å². The molecule has 1 fully saturated rings. The van der Waals surface area contributed by atoms with Crippen molar-refractivity contribution < 1.29 is 19.1 Å². The van der Waals surface area contributed by atoms with Crippen LogP contribution in [-0.4, -0.2) is 51.7 Å². The summed E-state index contributed by atoms with van der Waals surface area (Å²) >= 11 is 3.46. The largest absolute Gasteiger partial charge is 0.474 e. The minimum atomic E-state index is -0.519. The quantitative estimate of drug-likeness (QED) is 0.487. The highest BCUT2D eigenvalue weighted by molar-refractivity contribution is 9.10. The number of amides is 2. The van der Waals surface area contributed by atoms with Crippen molar-refractivity contribution in [1.29, 1.82) is 0 Å². The van der Waals surface area contributed by atoms with E-state index >= 15 is 0 Å². The summed E-state index contributed by atoms with van der Waals surface area (Å²) in [6.07, 6.45) is 4.19. The predicted octanol–water partition coefficient (Wildman–Crippen LogP) is 5.42. The Morgan fingerprint density at radius 2 is 1.82 bits per heavy atom. The van der Waals surface area contributed by atoms with Crippen LogP contribution < -0.4 is 10.1 Å². The van der Waals surface area contributed by atoms with E-state index in [-0.39, 0.29) is 18.1 Å². The van der Waals surface area contributed by atoms with Crippen LogP contribution in [0.4, 0.5) is 10.6 Å². The molecule has 0 atom stereocenters. The van der Waals surface area contributed by atoms with Gasteiger partial charge in [0.25, 0.3) is 5.91 Å². The van der Waals surface area contributed by atoms with Crippen molar-refractivity contribution in [1.82, 2.24) is 14.9 Å². The van der Waals surface area contributed by atoms with Gasteiger partial charge in [-0.25, -0.2) is 14.8 Å². The standard InChI is InChI=1S/C25H27BrN4O4/c1-25(2,3)34-24(32)30-10-7-20(8-11-30)33-22-14-16(6-9-27-22)23(31)29-21-13-18-12-19(26)5-4-17(18)15-28-21/h4-6,9,12-15,20H,7-8,10-11H2,1-3H3,(H,28,29,31). The van der Waals surface area contributed by atoms with E-state index < -0.39 is 5.60 Å². The van der Waals surface area contributed by atoms with Crippen molar-refractivity contribution in [2.75, 3.05) is 18.4 Å². The second kappa shape index (κ2) is 9.97. The Hall–Kier alpha value is -3.20. The number of carbonyl (C=O) groups excluding carboxylic acids is 2. The summed E-state index contributed by atoms with van der Waals surface area (Å²) in [7, 11) is 0. The Kier molecular flexibility index (Phi) is 7.02. The van der Waals surface area contributed by atoms with Crippen LogP contribution in [0.25, 0.3) is 10.8 Å². The number of nitrogens with one attached hydrogen (secondary N) is 1. The third-order valence-electron chi connectivity index (χ3n) is 5.30. The van der Waals surface area contributed by atoms with E-state index in [1.54, 1.807) is 29.4 Å². The zero-order valence-electron chi connectivity index (χ0n) is 19.4. The smallest absolute Gasteiger partial charge is 0.410 e. The van der Waals surface area contributed by atoms with Crippen molar-refractivity contribution in [3.63, 3.8) is 0 Å². The molecule has 8 nitrogen and oxygen atoms in total. The maximum absolute atomic E-state index is 12.8. The molecule has 1 aromatic carbocycles. The second-order valence-electron chi connectivity index (χ2n) is 9.18. The molecule has 1 N–H and O–H groups in total. The molecule has 0 saturated carbocycles. The number of anilines is 1. The van der Waals surface area contributed by atoms with Gasteiger partial charge in [-0.3, -0.25) is 4.79 Å². The van der Waals surface area contributed by atoms with Gasteiger partial charge < -0.3 is 19.7 Å². The molecule has 3 aromatic rings. The van der Waals surface area contributed by atoms with E-state index in [2.05, 4.69) is 31.2 Å². The number of rotatable bonds is 4. The highest BCUT2D eigenvalue weighted by Gasteiger charge is 2.28. The van der Waals surface area contributed by atoms with E-state index in [0.29, 0.717) is 43.2 Å². The van der Waals surface area contributed by atoms with Crippen LogP contribution in [0.3, 0.4) is 0 Å². The topological polar surface area (TPSA) is 93.6 Å². The van der Waals surface area contributed by atoms with Gasteiger partial charge in [-0.05, 0) is 50.4 Å². The lowest BCUT2D eigenvalue weighted by atomic mass is 10.1. The van der Waals surface area contributed by atoms with Crippen molar-refractivity contribution in [2.24, 2.45) is 0 Å².